The zero-order valence-electron chi connectivity index (χ0n) is 12.2. The minimum atomic E-state index is -0.362. The highest BCUT2D eigenvalue weighted by Gasteiger charge is 2.03. The van der Waals surface area contributed by atoms with E-state index in [0.29, 0.717) is 0 Å². The summed E-state index contributed by atoms with van der Waals surface area (Å²) in [4.78, 5) is 16.1. The van der Waals surface area contributed by atoms with Crippen LogP contribution >= 0.6 is 11.3 Å². The summed E-state index contributed by atoms with van der Waals surface area (Å²) in [5, 5.41) is 5.13. The predicted octanol–water partition coefficient (Wildman–Crippen LogP) is 4.36. The number of rotatable bonds is 4. The van der Waals surface area contributed by atoms with Gasteiger partial charge < -0.3 is 4.74 Å². The molecule has 0 aliphatic carbocycles. The summed E-state index contributed by atoms with van der Waals surface area (Å²) < 4.78 is 5.31. The van der Waals surface area contributed by atoms with E-state index in [4.69, 9.17) is 4.74 Å². The maximum Gasteiger partial charge on any atom is 0.331 e. The number of esters is 1. The zero-order valence-corrected chi connectivity index (χ0v) is 13.0. The van der Waals surface area contributed by atoms with E-state index in [0.717, 1.165) is 27.0 Å². The van der Waals surface area contributed by atoms with Crippen molar-refractivity contribution in [2.75, 3.05) is 0 Å². The lowest BCUT2D eigenvalue weighted by Crippen LogP contribution is -2.01. The quantitative estimate of drug-likeness (QED) is 0.531. The minimum Gasteiger partial charge on any atom is -0.458 e. The van der Waals surface area contributed by atoms with Crippen molar-refractivity contribution in [2.24, 2.45) is 0 Å². The van der Waals surface area contributed by atoms with E-state index in [2.05, 4.69) is 4.98 Å². The molecule has 4 heteroatoms. The molecule has 0 atom stereocenters. The molecule has 0 amide bonds. The minimum absolute atomic E-state index is 0.265. The molecule has 1 aromatic heterocycles. The molecule has 110 valence electrons. The first-order chi connectivity index (χ1) is 10.7. The fourth-order valence-corrected chi connectivity index (χ4v) is 2.81. The molecule has 2 aromatic carbocycles. The Morgan fingerprint density at radius 1 is 1.23 bits per heavy atom. The van der Waals surface area contributed by atoms with Crippen molar-refractivity contribution in [3.63, 3.8) is 0 Å². The van der Waals surface area contributed by atoms with Gasteiger partial charge in [0.25, 0.3) is 0 Å². The Bertz CT molecular complexity index is 830. The Labute approximate surface area is 132 Å². The van der Waals surface area contributed by atoms with Gasteiger partial charge in [0.1, 0.15) is 6.61 Å². The summed E-state index contributed by atoms with van der Waals surface area (Å²) in [7, 11) is 0. The Kier molecular flexibility index (Phi) is 4.30. The molecule has 3 aromatic rings. The Morgan fingerprint density at radius 3 is 2.86 bits per heavy atom. The van der Waals surface area contributed by atoms with Gasteiger partial charge in [-0.3, -0.25) is 0 Å². The number of aryl methyl sites for hydroxylation is 1. The van der Waals surface area contributed by atoms with Crippen LogP contribution in [0.5, 0.6) is 0 Å². The topological polar surface area (TPSA) is 39.2 Å². The first-order valence-corrected chi connectivity index (χ1v) is 7.84. The van der Waals surface area contributed by atoms with Crippen LogP contribution in [0.4, 0.5) is 0 Å². The van der Waals surface area contributed by atoms with Crippen molar-refractivity contribution >= 4 is 34.2 Å². The van der Waals surface area contributed by atoms with E-state index < -0.39 is 0 Å². The highest BCUT2D eigenvalue weighted by molar-refractivity contribution is 7.09. The van der Waals surface area contributed by atoms with Crippen molar-refractivity contribution in [1.29, 1.82) is 0 Å². The highest BCUT2D eigenvalue weighted by atomic mass is 32.1. The van der Waals surface area contributed by atoms with Gasteiger partial charge in [-0.2, -0.15) is 0 Å². The van der Waals surface area contributed by atoms with Gasteiger partial charge in [-0.1, -0.05) is 42.5 Å². The van der Waals surface area contributed by atoms with Gasteiger partial charge in [0.15, 0.2) is 0 Å². The monoisotopic (exact) mass is 309 g/mol. The van der Waals surface area contributed by atoms with Crippen LogP contribution in [0.15, 0.2) is 53.9 Å². The number of ether oxygens (including phenoxy) is 1. The van der Waals surface area contributed by atoms with Gasteiger partial charge in [-0.05, 0) is 29.3 Å². The molecule has 0 aliphatic rings. The maximum absolute atomic E-state index is 11.8. The van der Waals surface area contributed by atoms with Crippen LogP contribution in [0.25, 0.3) is 16.8 Å². The lowest BCUT2D eigenvalue weighted by atomic mass is 10.1. The largest absolute Gasteiger partial charge is 0.458 e. The molecule has 0 saturated heterocycles. The van der Waals surface area contributed by atoms with Crippen molar-refractivity contribution in [3.05, 3.63) is 70.2 Å². The van der Waals surface area contributed by atoms with Crippen molar-refractivity contribution in [3.8, 4) is 0 Å². The summed E-state index contributed by atoms with van der Waals surface area (Å²) >= 11 is 1.55. The van der Waals surface area contributed by atoms with Crippen molar-refractivity contribution < 1.29 is 9.53 Å². The van der Waals surface area contributed by atoms with Crippen molar-refractivity contribution in [1.82, 2.24) is 4.98 Å². The Hall–Kier alpha value is -2.46. The van der Waals surface area contributed by atoms with Crippen molar-refractivity contribution in [2.45, 2.75) is 13.5 Å². The van der Waals surface area contributed by atoms with E-state index in [1.807, 2.05) is 54.8 Å². The van der Waals surface area contributed by atoms with E-state index in [1.165, 1.54) is 6.08 Å². The lowest BCUT2D eigenvalue weighted by molar-refractivity contribution is -0.138. The molecule has 0 fully saturated rings. The molecule has 3 nitrogen and oxygen atoms in total. The smallest absolute Gasteiger partial charge is 0.331 e. The number of carbonyl (C=O) groups excluding carboxylic acids is 1. The second kappa shape index (κ2) is 6.54. The molecule has 0 radical (unpaired) electrons. The van der Waals surface area contributed by atoms with Crippen LogP contribution in [0, 0.1) is 6.92 Å². The van der Waals surface area contributed by atoms with Gasteiger partial charge >= 0.3 is 5.97 Å². The zero-order chi connectivity index (χ0) is 15.4. The van der Waals surface area contributed by atoms with Gasteiger partial charge in [0.2, 0.25) is 0 Å². The average molecular weight is 309 g/mol. The predicted molar refractivity (Wildman–Crippen MR) is 89.6 cm³/mol. The summed E-state index contributed by atoms with van der Waals surface area (Å²) in [6.45, 7) is 2.20. The number of fused-ring (bicyclic) bond motifs is 1. The van der Waals surface area contributed by atoms with Crippen LogP contribution in [-0.4, -0.2) is 11.0 Å². The molecular weight excluding hydrogens is 294 g/mol. The summed E-state index contributed by atoms with van der Waals surface area (Å²) in [6, 6.07) is 14.1. The number of hydrogen-bond donors (Lipinski definition) is 0. The third kappa shape index (κ3) is 3.40. The fourth-order valence-electron chi connectivity index (χ4n) is 2.23. The number of benzene rings is 2. The van der Waals surface area contributed by atoms with Gasteiger partial charge in [0.05, 0.1) is 10.7 Å². The molecule has 3 rings (SSSR count). The van der Waals surface area contributed by atoms with E-state index in [-0.39, 0.29) is 12.6 Å². The molecule has 0 N–H and O–H groups in total. The molecule has 0 bridgehead atoms. The average Bonchev–Trinajstić information content (AvgIpc) is 2.96. The molecule has 0 saturated carbocycles. The van der Waals surface area contributed by atoms with Gasteiger partial charge in [-0.15, -0.1) is 11.3 Å². The Balaban J connectivity index is 1.66. The molecule has 1 heterocycles. The SMILES string of the molecule is Cc1nc(/C=C/C(=O)OCc2cccc3ccccc23)cs1. The van der Waals surface area contributed by atoms with E-state index >= 15 is 0 Å². The number of thiazole rings is 1. The number of nitrogens with zero attached hydrogens (tertiary/aromatic N) is 1. The summed E-state index contributed by atoms with van der Waals surface area (Å²) in [5.74, 6) is -0.362. The van der Waals surface area contributed by atoms with Crippen LogP contribution in [0.3, 0.4) is 0 Å². The van der Waals surface area contributed by atoms with Crippen LogP contribution in [0.2, 0.25) is 0 Å². The normalized spacial score (nSPS) is 11.1. The highest BCUT2D eigenvalue weighted by Crippen LogP contribution is 2.19. The molecular formula is C18H15NO2S. The third-order valence-electron chi connectivity index (χ3n) is 3.28. The second-order valence-electron chi connectivity index (χ2n) is 4.87. The molecule has 0 unspecified atom stereocenters. The number of carbonyl (C=O) groups is 1. The van der Waals surface area contributed by atoms with Crippen LogP contribution in [0.1, 0.15) is 16.3 Å². The van der Waals surface area contributed by atoms with Gasteiger partial charge in [0, 0.05) is 11.5 Å². The first-order valence-electron chi connectivity index (χ1n) is 6.96. The second-order valence-corrected chi connectivity index (χ2v) is 5.93. The summed E-state index contributed by atoms with van der Waals surface area (Å²) in [6.07, 6.45) is 3.09. The summed E-state index contributed by atoms with van der Waals surface area (Å²) in [5.41, 5.74) is 1.79. The Morgan fingerprint density at radius 2 is 2.05 bits per heavy atom. The fraction of sp³-hybridized carbons (Fsp3) is 0.111. The lowest BCUT2D eigenvalue weighted by Gasteiger charge is -2.06. The number of hydrogen-bond acceptors (Lipinski definition) is 4. The van der Waals surface area contributed by atoms with Gasteiger partial charge in [-0.25, -0.2) is 9.78 Å². The third-order valence-corrected chi connectivity index (χ3v) is 4.07. The number of aromatic nitrogens is 1. The van der Waals surface area contributed by atoms with Crippen LogP contribution < -0.4 is 0 Å². The maximum atomic E-state index is 11.8. The van der Waals surface area contributed by atoms with E-state index in [1.54, 1.807) is 17.4 Å². The first kappa shape index (κ1) is 14.5. The van der Waals surface area contributed by atoms with Crippen LogP contribution in [-0.2, 0) is 16.1 Å². The standard InChI is InChI=1S/C18H15NO2S/c1-13-19-16(12-22-13)9-10-18(20)21-11-15-7-4-6-14-5-2-3-8-17(14)15/h2-10,12H,11H2,1H3/b10-9+. The molecule has 0 spiro atoms. The molecule has 0 aliphatic heterocycles. The van der Waals surface area contributed by atoms with E-state index in [9.17, 15) is 4.79 Å². The molecule has 22 heavy (non-hydrogen) atoms.